The van der Waals surface area contributed by atoms with Gasteiger partial charge in [0, 0.05) is 19.1 Å². The highest BCUT2D eigenvalue weighted by atomic mass is 16.5. The molecule has 0 aliphatic carbocycles. The van der Waals surface area contributed by atoms with Crippen LogP contribution in [0.2, 0.25) is 0 Å². The topological polar surface area (TPSA) is 30.5 Å². The van der Waals surface area contributed by atoms with Crippen molar-refractivity contribution in [3.63, 3.8) is 0 Å². The Labute approximate surface area is 117 Å². The quantitative estimate of drug-likeness (QED) is 0.633. The number of aryl methyl sites for hydroxylation is 1. The fourth-order valence-corrected chi connectivity index (χ4v) is 2.64. The van der Waals surface area contributed by atoms with E-state index in [9.17, 15) is 0 Å². The van der Waals surface area contributed by atoms with Gasteiger partial charge in [-0.1, -0.05) is 19.9 Å². The highest BCUT2D eigenvalue weighted by molar-refractivity contribution is 5.51. The third kappa shape index (κ3) is 3.48. The number of hydrogen-bond donors (Lipinski definition) is 1. The van der Waals surface area contributed by atoms with Gasteiger partial charge in [-0.25, -0.2) is 0 Å². The van der Waals surface area contributed by atoms with Gasteiger partial charge in [0.1, 0.15) is 5.75 Å². The largest absolute Gasteiger partial charge is 0.496 e. The van der Waals surface area contributed by atoms with Crippen molar-refractivity contribution in [1.82, 2.24) is 5.32 Å². The summed E-state index contributed by atoms with van der Waals surface area (Å²) < 4.78 is 10.5. The first kappa shape index (κ1) is 16.0. The van der Waals surface area contributed by atoms with Gasteiger partial charge >= 0.3 is 0 Å². The molecule has 0 spiro atoms. The molecule has 19 heavy (non-hydrogen) atoms. The summed E-state index contributed by atoms with van der Waals surface area (Å²) in [7, 11) is 3.44. The molecule has 3 heteroatoms. The van der Waals surface area contributed by atoms with Crippen LogP contribution in [0.3, 0.4) is 0 Å². The SMILES string of the molecule is COCNCC(C)(C)c1cc(C)c(OC)c(C)c1C. The van der Waals surface area contributed by atoms with Crippen LogP contribution in [-0.2, 0) is 10.2 Å². The first-order valence-corrected chi connectivity index (χ1v) is 6.70. The Balaban J connectivity index is 3.13. The molecule has 1 rings (SSSR count). The molecule has 0 amide bonds. The summed E-state index contributed by atoms with van der Waals surface area (Å²) >= 11 is 0. The zero-order chi connectivity index (χ0) is 14.6. The van der Waals surface area contributed by atoms with Crippen LogP contribution in [0, 0.1) is 20.8 Å². The van der Waals surface area contributed by atoms with Crippen LogP contribution in [-0.4, -0.2) is 27.5 Å². The minimum atomic E-state index is 0.0599. The zero-order valence-electron chi connectivity index (χ0n) is 13.3. The third-order valence-corrected chi connectivity index (χ3v) is 3.77. The highest BCUT2D eigenvalue weighted by Crippen LogP contribution is 2.34. The first-order valence-electron chi connectivity index (χ1n) is 6.70. The number of ether oxygens (including phenoxy) is 2. The van der Waals surface area contributed by atoms with E-state index >= 15 is 0 Å². The lowest BCUT2D eigenvalue weighted by Gasteiger charge is -2.29. The monoisotopic (exact) mass is 265 g/mol. The van der Waals surface area contributed by atoms with Crippen molar-refractivity contribution in [1.29, 1.82) is 0 Å². The van der Waals surface area contributed by atoms with Gasteiger partial charge in [-0.15, -0.1) is 0 Å². The molecule has 3 nitrogen and oxygen atoms in total. The highest BCUT2D eigenvalue weighted by Gasteiger charge is 2.24. The van der Waals surface area contributed by atoms with E-state index in [1.165, 1.54) is 22.3 Å². The summed E-state index contributed by atoms with van der Waals surface area (Å²) in [6, 6.07) is 2.25. The van der Waals surface area contributed by atoms with Crippen LogP contribution in [0.5, 0.6) is 5.75 Å². The van der Waals surface area contributed by atoms with E-state index < -0.39 is 0 Å². The first-order chi connectivity index (χ1) is 8.85. The minimum absolute atomic E-state index is 0.0599. The predicted molar refractivity (Wildman–Crippen MR) is 80.1 cm³/mol. The molecule has 0 heterocycles. The maximum Gasteiger partial charge on any atom is 0.124 e. The Morgan fingerprint density at radius 1 is 1.11 bits per heavy atom. The molecule has 1 aromatic rings. The summed E-state index contributed by atoms with van der Waals surface area (Å²) in [6.45, 7) is 12.4. The van der Waals surface area contributed by atoms with Gasteiger partial charge in [-0.3, -0.25) is 5.32 Å². The van der Waals surface area contributed by atoms with Gasteiger partial charge in [0.15, 0.2) is 0 Å². The lowest BCUT2D eigenvalue weighted by atomic mass is 9.79. The fraction of sp³-hybridized carbons (Fsp3) is 0.625. The summed E-state index contributed by atoms with van der Waals surface area (Å²) in [6.07, 6.45) is 0. The van der Waals surface area contributed by atoms with E-state index in [4.69, 9.17) is 9.47 Å². The maximum absolute atomic E-state index is 5.49. The Hall–Kier alpha value is -1.06. The molecular formula is C16H27NO2. The molecule has 0 bridgehead atoms. The molecule has 0 fully saturated rings. The van der Waals surface area contributed by atoms with Gasteiger partial charge < -0.3 is 9.47 Å². The van der Waals surface area contributed by atoms with Crippen molar-refractivity contribution in [3.05, 3.63) is 28.3 Å². The zero-order valence-corrected chi connectivity index (χ0v) is 13.3. The molecule has 108 valence electrons. The second-order valence-electron chi connectivity index (χ2n) is 5.77. The maximum atomic E-state index is 5.49. The van der Waals surface area contributed by atoms with Crippen LogP contribution in [0.4, 0.5) is 0 Å². The van der Waals surface area contributed by atoms with E-state index in [2.05, 4.69) is 46.0 Å². The summed E-state index contributed by atoms with van der Waals surface area (Å²) in [5.74, 6) is 1.00. The molecule has 0 saturated heterocycles. The molecule has 0 saturated carbocycles. The standard InChI is InChI=1S/C16H27NO2/c1-11-8-14(12(2)13(3)15(11)19-7)16(4,5)9-17-10-18-6/h8,17H,9-10H2,1-7H3. The molecular weight excluding hydrogens is 238 g/mol. The van der Waals surface area contributed by atoms with E-state index in [1.807, 2.05) is 0 Å². The number of nitrogens with one attached hydrogen (secondary N) is 1. The molecule has 0 aliphatic heterocycles. The molecule has 0 radical (unpaired) electrons. The predicted octanol–water partition coefficient (Wildman–Crippen LogP) is 3.09. The van der Waals surface area contributed by atoms with E-state index in [-0.39, 0.29) is 5.41 Å². The van der Waals surface area contributed by atoms with Gasteiger partial charge in [0.25, 0.3) is 0 Å². The second kappa shape index (κ2) is 6.40. The molecule has 0 atom stereocenters. The lowest BCUT2D eigenvalue weighted by Crippen LogP contribution is -2.34. The van der Waals surface area contributed by atoms with Gasteiger partial charge in [-0.2, -0.15) is 0 Å². The van der Waals surface area contributed by atoms with Crippen molar-refractivity contribution < 1.29 is 9.47 Å². The van der Waals surface area contributed by atoms with Gasteiger partial charge in [-0.05, 0) is 43.0 Å². The molecule has 1 aromatic carbocycles. The van der Waals surface area contributed by atoms with Crippen LogP contribution in [0.1, 0.15) is 36.1 Å². The van der Waals surface area contributed by atoms with Crippen molar-refractivity contribution in [2.45, 2.75) is 40.0 Å². The van der Waals surface area contributed by atoms with Gasteiger partial charge in [0.05, 0.1) is 13.8 Å². The molecule has 0 aliphatic rings. The van der Waals surface area contributed by atoms with Crippen LogP contribution >= 0.6 is 0 Å². The van der Waals surface area contributed by atoms with Crippen LogP contribution in [0.15, 0.2) is 6.07 Å². The number of methoxy groups -OCH3 is 2. The Bertz CT molecular complexity index is 439. The molecule has 1 N–H and O–H groups in total. The Morgan fingerprint density at radius 3 is 2.26 bits per heavy atom. The van der Waals surface area contributed by atoms with Gasteiger partial charge in [0.2, 0.25) is 0 Å². The van der Waals surface area contributed by atoms with Crippen molar-refractivity contribution in [2.24, 2.45) is 0 Å². The van der Waals surface area contributed by atoms with Crippen molar-refractivity contribution in [2.75, 3.05) is 27.5 Å². The van der Waals surface area contributed by atoms with E-state index in [0.29, 0.717) is 6.73 Å². The number of benzene rings is 1. The van der Waals surface area contributed by atoms with E-state index in [1.54, 1.807) is 14.2 Å². The third-order valence-electron chi connectivity index (χ3n) is 3.77. The lowest BCUT2D eigenvalue weighted by molar-refractivity contribution is 0.169. The molecule has 0 unspecified atom stereocenters. The van der Waals surface area contributed by atoms with Crippen molar-refractivity contribution >= 4 is 0 Å². The fourth-order valence-electron chi connectivity index (χ4n) is 2.64. The normalized spacial score (nSPS) is 11.7. The van der Waals surface area contributed by atoms with Crippen LogP contribution < -0.4 is 10.1 Å². The average Bonchev–Trinajstić information content (AvgIpc) is 2.34. The smallest absolute Gasteiger partial charge is 0.124 e. The number of rotatable bonds is 6. The molecule has 0 aromatic heterocycles. The van der Waals surface area contributed by atoms with Crippen LogP contribution in [0.25, 0.3) is 0 Å². The summed E-state index contributed by atoms with van der Waals surface area (Å²) in [4.78, 5) is 0. The average molecular weight is 265 g/mol. The summed E-state index contributed by atoms with van der Waals surface area (Å²) in [5, 5.41) is 3.32. The van der Waals surface area contributed by atoms with Crippen molar-refractivity contribution in [3.8, 4) is 5.75 Å². The minimum Gasteiger partial charge on any atom is -0.496 e. The van der Waals surface area contributed by atoms with E-state index in [0.717, 1.165) is 12.3 Å². The second-order valence-corrected chi connectivity index (χ2v) is 5.77. The Kier molecular flexibility index (Phi) is 5.39. The summed E-state index contributed by atoms with van der Waals surface area (Å²) in [5.41, 5.74) is 5.17. The Morgan fingerprint density at radius 2 is 1.74 bits per heavy atom. The number of hydrogen-bond acceptors (Lipinski definition) is 3.